The van der Waals surface area contributed by atoms with Crippen LogP contribution in [-0.4, -0.2) is 23.8 Å². The van der Waals surface area contributed by atoms with Crippen molar-refractivity contribution in [2.75, 3.05) is 13.1 Å². The SMILES string of the molecule is Cc1ccc(C(=N)N2CC(c3ccccc3)OC(c3ccccc3)C2)cc1. The zero-order valence-corrected chi connectivity index (χ0v) is 15.5. The summed E-state index contributed by atoms with van der Waals surface area (Å²) < 4.78 is 6.46. The van der Waals surface area contributed by atoms with E-state index in [0.717, 1.165) is 16.7 Å². The Morgan fingerprint density at radius 1 is 0.778 bits per heavy atom. The van der Waals surface area contributed by atoms with Crippen molar-refractivity contribution >= 4 is 5.84 Å². The minimum Gasteiger partial charge on any atom is -0.362 e. The first kappa shape index (κ1) is 17.5. The van der Waals surface area contributed by atoms with E-state index in [-0.39, 0.29) is 12.2 Å². The minimum atomic E-state index is -0.0593. The van der Waals surface area contributed by atoms with Crippen molar-refractivity contribution in [3.05, 3.63) is 107 Å². The molecule has 0 aromatic heterocycles. The third-order valence-corrected chi connectivity index (χ3v) is 5.08. The average molecular weight is 356 g/mol. The van der Waals surface area contributed by atoms with Gasteiger partial charge in [-0.2, -0.15) is 0 Å². The largest absolute Gasteiger partial charge is 0.362 e. The van der Waals surface area contributed by atoms with Gasteiger partial charge in [0.25, 0.3) is 0 Å². The average Bonchev–Trinajstić information content (AvgIpc) is 2.75. The number of morpholine rings is 1. The number of hydrogen-bond acceptors (Lipinski definition) is 2. The van der Waals surface area contributed by atoms with E-state index < -0.39 is 0 Å². The summed E-state index contributed by atoms with van der Waals surface area (Å²) in [5.41, 5.74) is 4.46. The van der Waals surface area contributed by atoms with E-state index in [0.29, 0.717) is 18.9 Å². The molecular weight excluding hydrogens is 332 g/mol. The molecule has 1 N–H and O–H groups in total. The molecule has 0 aliphatic carbocycles. The summed E-state index contributed by atoms with van der Waals surface area (Å²) >= 11 is 0. The number of nitrogens with one attached hydrogen (secondary N) is 1. The van der Waals surface area contributed by atoms with Crippen molar-refractivity contribution in [3.8, 4) is 0 Å². The third-order valence-electron chi connectivity index (χ3n) is 5.08. The fourth-order valence-electron chi connectivity index (χ4n) is 3.54. The van der Waals surface area contributed by atoms with Crippen molar-refractivity contribution in [1.29, 1.82) is 5.41 Å². The minimum absolute atomic E-state index is 0.0593. The molecule has 0 spiro atoms. The summed E-state index contributed by atoms with van der Waals surface area (Å²) in [7, 11) is 0. The Labute approximate surface area is 160 Å². The fourth-order valence-corrected chi connectivity index (χ4v) is 3.54. The van der Waals surface area contributed by atoms with Crippen molar-refractivity contribution in [1.82, 2.24) is 4.90 Å². The number of aryl methyl sites for hydroxylation is 1. The molecule has 3 heteroatoms. The Morgan fingerprint density at radius 2 is 1.26 bits per heavy atom. The molecular formula is C24H24N2O. The molecule has 0 saturated carbocycles. The van der Waals surface area contributed by atoms with Crippen LogP contribution in [0.25, 0.3) is 0 Å². The highest BCUT2D eigenvalue weighted by Gasteiger charge is 2.31. The van der Waals surface area contributed by atoms with Gasteiger partial charge < -0.3 is 9.64 Å². The number of ether oxygens (including phenoxy) is 1. The number of hydrogen-bond donors (Lipinski definition) is 1. The van der Waals surface area contributed by atoms with E-state index in [9.17, 15) is 0 Å². The lowest BCUT2D eigenvalue weighted by Gasteiger charge is -2.40. The Hall–Kier alpha value is -2.91. The molecule has 136 valence electrons. The molecule has 2 atom stereocenters. The number of nitrogens with zero attached hydrogens (tertiary/aromatic N) is 1. The molecule has 1 heterocycles. The summed E-state index contributed by atoms with van der Waals surface area (Å²) in [6.45, 7) is 3.43. The van der Waals surface area contributed by atoms with Crippen LogP contribution < -0.4 is 0 Å². The van der Waals surface area contributed by atoms with Gasteiger partial charge in [-0.1, -0.05) is 90.5 Å². The smallest absolute Gasteiger partial charge is 0.128 e. The van der Waals surface area contributed by atoms with E-state index in [4.69, 9.17) is 10.1 Å². The quantitative estimate of drug-likeness (QED) is 0.521. The first-order chi connectivity index (χ1) is 13.2. The van der Waals surface area contributed by atoms with Crippen LogP contribution in [0.1, 0.15) is 34.5 Å². The first-order valence-electron chi connectivity index (χ1n) is 9.36. The van der Waals surface area contributed by atoms with Crippen LogP contribution in [0.3, 0.4) is 0 Å². The van der Waals surface area contributed by atoms with Crippen LogP contribution in [0.2, 0.25) is 0 Å². The van der Waals surface area contributed by atoms with Crippen LogP contribution in [0.15, 0.2) is 84.9 Å². The lowest BCUT2D eigenvalue weighted by Crippen LogP contribution is -2.43. The fraction of sp³-hybridized carbons (Fsp3) is 0.208. The van der Waals surface area contributed by atoms with Gasteiger partial charge in [0.2, 0.25) is 0 Å². The molecule has 1 aliphatic heterocycles. The summed E-state index contributed by atoms with van der Waals surface area (Å²) in [6.07, 6.45) is -0.119. The van der Waals surface area contributed by atoms with Gasteiger partial charge in [0.15, 0.2) is 0 Å². The van der Waals surface area contributed by atoms with Crippen molar-refractivity contribution in [2.24, 2.45) is 0 Å². The molecule has 0 amide bonds. The molecule has 1 fully saturated rings. The molecule has 2 unspecified atom stereocenters. The predicted octanol–water partition coefficient (Wildman–Crippen LogP) is 5.14. The third kappa shape index (κ3) is 3.93. The van der Waals surface area contributed by atoms with Crippen molar-refractivity contribution < 1.29 is 4.74 Å². The Balaban J connectivity index is 1.63. The molecule has 4 rings (SSSR count). The predicted molar refractivity (Wildman–Crippen MR) is 109 cm³/mol. The molecule has 27 heavy (non-hydrogen) atoms. The zero-order valence-electron chi connectivity index (χ0n) is 15.5. The van der Waals surface area contributed by atoms with Crippen LogP contribution in [-0.2, 0) is 4.74 Å². The molecule has 1 aliphatic rings. The van der Waals surface area contributed by atoms with Gasteiger partial charge in [0.05, 0.1) is 0 Å². The Morgan fingerprint density at radius 3 is 1.74 bits per heavy atom. The molecule has 0 bridgehead atoms. The summed E-state index contributed by atoms with van der Waals surface area (Å²) in [5, 5.41) is 8.77. The van der Waals surface area contributed by atoms with Gasteiger partial charge >= 0.3 is 0 Å². The maximum Gasteiger partial charge on any atom is 0.128 e. The van der Waals surface area contributed by atoms with Gasteiger partial charge in [0, 0.05) is 18.7 Å². The molecule has 3 nitrogen and oxygen atoms in total. The van der Waals surface area contributed by atoms with Crippen LogP contribution in [0.4, 0.5) is 0 Å². The van der Waals surface area contributed by atoms with Gasteiger partial charge in [-0.25, -0.2) is 0 Å². The van der Waals surface area contributed by atoms with Crippen LogP contribution in [0.5, 0.6) is 0 Å². The number of rotatable bonds is 3. The summed E-state index contributed by atoms with van der Waals surface area (Å²) in [4.78, 5) is 2.14. The van der Waals surface area contributed by atoms with Crippen LogP contribution in [0, 0.1) is 12.3 Å². The van der Waals surface area contributed by atoms with Gasteiger partial charge in [0.1, 0.15) is 18.0 Å². The maximum absolute atomic E-state index is 8.77. The number of benzene rings is 3. The van der Waals surface area contributed by atoms with E-state index >= 15 is 0 Å². The topological polar surface area (TPSA) is 36.3 Å². The maximum atomic E-state index is 8.77. The van der Waals surface area contributed by atoms with Gasteiger partial charge in [-0.05, 0) is 18.1 Å². The normalized spacial score (nSPS) is 19.7. The summed E-state index contributed by atoms with van der Waals surface area (Å²) in [5.74, 6) is 0.556. The monoisotopic (exact) mass is 356 g/mol. The second-order valence-corrected chi connectivity index (χ2v) is 7.05. The van der Waals surface area contributed by atoms with E-state index in [1.54, 1.807) is 0 Å². The molecule has 1 saturated heterocycles. The van der Waals surface area contributed by atoms with E-state index in [1.165, 1.54) is 5.56 Å². The first-order valence-corrected chi connectivity index (χ1v) is 9.36. The standard InChI is InChI=1S/C24H24N2O/c1-18-12-14-21(15-13-18)24(25)26-16-22(19-8-4-2-5-9-19)27-23(17-26)20-10-6-3-7-11-20/h2-15,22-23,25H,16-17H2,1H3. The Bertz CT molecular complexity index is 843. The van der Waals surface area contributed by atoms with E-state index in [1.807, 2.05) is 48.5 Å². The lowest BCUT2D eigenvalue weighted by molar-refractivity contribution is -0.0710. The molecule has 3 aromatic carbocycles. The lowest BCUT2D eigenvalue weighted by atomic mass is 10.0. The van der Waals surface area contributed by atoms with Gasteiger partial charge in [-0.15, -0.1) is 0 Å². The molecule has 0 radical (unpaired) electrons. The van der Waals surface area contributed by atoms with Crippen LogP contribution >= 0.6 is 0 Å². The zero-order chi connectivity index (χ0) is 18.6. The highest BCUT2D eigenvalue weighted by atomic mass is 16.5. The second kappa shape index (κ2) is 7.77. The van der Waals surface area contributed by atoms with Gasteiger partial charge in [-0.3, -0.25) is 5.41 Å². The second-order valence-electron chi connectivity index (χ2n) is 7.05. The Kier molecular flexibility index (Phi) is 5.03. The van der Waals surface area contributed by atoms with Crippen molar-refractivity contribution in [3.63, 3.8) is 0 Å². The highest BCUT2D eigenvalue weighted by molar-refractivity contribution is 5.96. The number of amidine groups is 1. The van der Waals surface area contributed by atoms with E-state index in [2.05, 4.69) is 48.2 Å². The molecule has 3 aromatic rings. The summed E-state index contributed by atoms with van der Waals surface area (Å²) in [6, 6.07) is 28.8. The highest BCUT2D eigenvalue weighted by Crippen LogP contribution is 2.33. The van der Waals surface area contributed by atoms with Crippen molar-refractivity contribution in [2.45, 2.75) is 19.1 Å².